The van der Waals surface area contributed by atoms with Crippen LogP contribution in [0.25, 0.3) is 0 Å². The first-order chi connectivity index (χ1) is 7.12. The van der Waals surface area contributed by atoms with E-state index in [-0.39, 0.29) is 18.1 Å². The van der Waals surface area contributed by atoms with Crippen LogP contribution in [-0.4, -0.2) is 57.9 Å². The minimum atomic E-state index is -2.87. The molecule has 0 aliphatic rings. The summed E-state index contributed by atoms with van der Waals surface area (Å²) in [5.74, 6) is 0.441. The molecule has 0 spiro atoms. The van der Waals surface area contributed by atoms with Crippen molar-refractivity contribution >= 4 is 9.84 Å². The number of hydrogen-bond donors (Lipinski definition) is 2. The van der Waals surface area contributed by atoms with Gasteiger partial charge in [-0.3, -0.25) is 0 Å². The van der Waals surface area contributed by atoms with Gasteiger partial charge in [0.05, 0.1) is 25.6 Å². The lowest BCUT2D eigenvalue weighted by Gasteiger charge is -2.05. The molecule has 0 heterocycles. The van der Waals surface area contributed by atoms with E-state index in [2.05, 4.69) is 5.32 Å². The highest BCUT2D eigenvalue weighted by Gasteiger charge is 2.07. The maximum absolute atomic E-state index is 11.3. The number of hydrogen-bond acceptors (Lipinski definition) is 5. The predicted molar refractivity (Wildman–Crippen MR) is 59.7 cm³/mol. The van der Waals surface area contributed by atoms with Crippen molar-refractivity contribution in [2.45, 2.75) is 13.3 Å². The maximum Gasteiger partial charge on any atom is 0.151 e. The Labute approximate surface area is 91.7 Å². The number of aliphatic hydroxyl groups is 1. The minimum absolute atomic E-state index is 0.0187. The predicted octanol–water partition coefficient (Wildman–Crippen LogP) is -0.590. The summed E-state index contributed by atoms with van der Waals surface area (Å²) in [6.07, 6.45) is 0.669. The lowest BCUT2D eigenvalue weighted by atomic mass is 10.6. The first kappa shape index (κ1) is 14.8. The lowest BCUT2D eigenvalue weighted by molar-refractivity contribution is 0.0942. The van der Waals surface area contributed by atoms with Gasteiger partial charge in [0, 0.05) is 18.8 Å². The van der Waals surface area contributed by atoms with Crippen molar-refractivity contribution in [3.8, 4) is 0 Å². The monoisotopic (exact) mass is 239 g/mol. The third-order valence-corrected chi connectivity index (χ3v) is 3.62. The largest absolute Gasteiger partial charge is 0.394 e. The Balaban J connectivity index is 3.31. The van der Waals surface area contributed by atoms with Gasteiger partial charge in [-0.1, -0.05) is 6.92 Å². The lowest BCUT2D eigenvalue weighted by Crippen LogP contribution is -2.27. The van der Waals surface area contributed by atoms with Crippen LogP contribution in [0.4, 0.5) is 0 Å². The molecule has 0 amide bonds. The zero-order valence-corrected chi connectivity index (χ0v) is 10.1. The van der Waals surface area contributed by atoms with Gasteiger partial charge in [0.15, 0.2) is 9.84 Å². The van der Waals surface area contributed by atoms with Gasteiger partial charge in [0.2, 0.25) is 0 Å². The van der Waals surface area contributed by atoms with Gasteiger partial charge in [-0.2, -0.15) is 0 Å². The molecule has 0 aliphatic heterocycles. The average molecular weight is 239 g/mol. The fourth-order valence-electron chi connectivity index (χ4n) is 1.08. The van der Waals surface area contributed by atoms with Gasteiger partial charge in [-0.15, -0.1) is 0 Å². The molecule has 92 valence electrons. The highest BCUT2D eigenvalue weighted by atomic mass is 32.2. The van der Waals surface area contributed by atoms with Crippen molar-refractivity contribution in [3.63, 3.8) is 0 Å². The SMILES string of the molecule is CCCS(=O)(=O)CCNCCOCCO. The van der Waals surface area contributed by atoms with Crippen molar-refractivity contribution in [1.29, 1.82) is 0 Å². The fraction of sp³-hybridized carbons (Fsp3) is 1.00. The van der Waals surface area contributed by atoms with E-state index in [0.29, 0.717) is 32.7 Å². The molecule has 0 unspecified atom stereocenters. The number of nitrogens with one attached hydrogen (secondary N) is 1. The number of ether oxygens (including phenoxy) is 1. The van der Waals surface area contributed by atoms with E-state index in [0.717, 1.165) is 0 Å². The molecule has 0 radical (unpaired) electrons. The van der Waals surface area contributed by atoms with Gasteiger partial charge < -0.3 is 15.2 Å². The molecule has 0 aromatic rings. The number of aliphatic hydroxyl groups excluding tert-OH is 1. The van der Waals surface area contributed by atoms with Crippen LogP contribution in [0.2, 0.25) is 0 Å². The van der Waals surface area contributed by atoms with Gasteiger partial charge in [-0.05, 0) is 6.42 Å². The van der Waals surface area contributed by atoms with Crippen molar-refractivity contribution in [2.75, 3.05) is 44.4 Å². The molecule has 0 saturated heterocycles. The second kappa shape index (κ2) is 9.08. The Bertz CT molecular complexity index is 228. The number of rotatable bonds is 10. The van der Waals surface area contributed by atoms with Gasteiger partial charge in [-0.25, -0.2) is 8.42 Å². The van der Waals surface area contributed by atoms with Gasteiger partial charge in [0.1, 0.15) is 0 Å². The molecule has 0 aliphatic carbocycles. The molecular weight excluding hydrogens is 218 g/mol. The Morgan fingerprint density at radius 3 is 2.53 bits per heavy atom. The van der Waals surface area contributed by atoms with E-state index < -0.39 is 9.84 Å². The smallest absolute Gasteiger partial charge is 0.151 e. The van der Waals surface area contributed by atoms with Crippen LogP contribution >= 0.6 is 0 Å². The normalized spacial score (nSPS) is 11.9. The summed E-state index contributed by atoms with van der Waals surface area (Å²) < 4.78 is 27.5. The van der Waals surface area contributed by atoms with Crippen molar-refractivity contribution in [3.05, 3.63) is 0 Å². The Kier molecular flexibility index (Phi) is 8.98. The molecule has 0 bridgehead atoms. The highest BCUT2D eigenvalue weighted by molar-refractivity contribution is 7.91. The molecule has 15 heavy (non-hydrogen) atoms. The summed E-state index contributed by atoms with van der Waals surface area (Å²) >= 11 is 0. The minimum Gasteiger partial charge on any atom is -0.394 e. The van der Waals surface area contributed by atoms with E-state index in [1.807, 2.05) is 6.92 Å². The molecule has 0 atom stereocenters. The standard InChI is InChI=1S/C9H21NO4S/c1-2-8-15(12,13)9-4-10-3-6-14-7-5-11/h10-11H,2-9H2,1H3. The van der Waals surface area contributed by atoms with Crippen LogP contribution in [0.15, 0.2) is 0 Å². The second-order valence-corrected chi connectivity index (χ2v) is 5.54. The van der Waals surface area contributed by atoms with Crippen LogP contribution in [0, 0.1) is 0 Å². The van der Waals surface area contributed by atoms with E-state index in [1.165, 1.54) is 0 Å². The molecule has 6 heteroatoms. The fourth-order valence-corrected chi connectivity index (χ4v) is 2.36. The van der Waals surface area contributed by atoms with Crippen molar-refractivity contribution < 1.29 is 18.3 Å². The summed E-state index contributed by atoms with van der Waals surface area (Å²) in [6, 6.07) is 0. The molecule has 0 rings (SSSR count). The summed E-state index contributed by atoms with van der Waals surface area (Å²) in [5, 5.41) is 11.4. The van der Waals surface area contributed by atoms with E-state index >= 15 is 0 Å². The van der Waals surface area contributed by atoms with Gasteiger partial charge in [0.25, 0.3) is 0 Å². The van der Waals surface area contributed by atoms with E-state index in [9.17, 15) is 8.42 Å². The van der Waals surface area contributed by atoms with Crippen molar-refractivity contribution in [2.24, 2.45) is 0 Å². The van der Waals surface area contributed by atoms with Crippen molar-refractivity contribution in [1.82, 2.24) is 5.32 Å². The van der Waals surface area contributed by atoms with Crippen LogP contribution in [0.1, 0.15) is 13.3 Å². The summed E-state index contributed by atoms with van der Waals surface area (Å²) in [7, 11) is -2.87. The first-order valence-electron chi connectivity index (χ1n) is 5.22. The Hall–Kier alpha value is -0.170. The maximum atomic E-state index is 11.3. The molecule has 0 saturated carbocycles. The number of sulfone groups is 1. The molecule has 5 nitrogen and oxygen atoms in total. The average Bonchev–Trinajstić information content (AvgIpc) is 2.16. The molecule has 0 fully saturated rings. The summed E-state index contributed by atoms with van der Waals surface area (Å²) in [5.41, 5.74) is 0. The quantitative estimate of drug-likeness (QED) is 0.498. The van der Waals surface area contributed by atoms with Gasteiger partial charge >= 0.3 is 0 Å². The second-order valence-electron chi connectivity index (χ2n) is 3.24. The first-order valence-corrected chi connectivity index (χ1v) is 7.04. The van der Waals surface area contributed by atoms with Crippen LogP contribution in [-0.2, 0) is 14.6 Å². The topological polar surface area (TPSA) is 75.6 Å². The van der Waals surface area contributed by atoms with E-state index in [1.54, 1.807) is 0 Å². The zero-order chi connectivity index (χ0) is 11.6. The summed E-state index contributed by atoms with van der Waals surface area (Å²) in [6.45, 7) is 3.77. The summed E-state index contributed by atoms with van der Waals surface area (Å²) in [4.78, 5) is 0. The molecular formula is C9H21NO4S. The highest BCUT2D eigenvalue weighted by Crippen LogP contribution is 1.91. The zero-order valence-electron chi connectivity index (χ0n) is 9.24. The molecule has 0 aromatic carbocycles. The third kappa shape index (κ3) is 10.1. The van der Waals surface area contributed by atoms with Crippen LogP contribution in [0.3, 0.4) is 0 Å². The Morgan fingerprint density at radius 2 is 1.93 bits per heavy atom. The molecule has 0 aromatic heterocycles. The molecule has 2 N–H and O–H groups in total. The van der Waals surface area contributed by atoms with Crippen LogP contribution < -0.4 is 5.32 Å². The van der Waals surface area contributed by atoms with Crippen LogP contribution in [0.5, 0.6) is 0 Å². The van der Waals surface area contributed by atoms with E-state index in [4.69, 9.17) is 9.84 Å². The Morgan fingerprint density at radius 1 is 1.20 bits per heavy atom. The third-order valence-electron chi connectivity index (χ3n) is 1.76.